The van der Waals surface area contributed by atoms with Crippen molar-refractivity contribution in [1.82, 2.24) is 4.98 Å². The minimum Gasteiger partial charge on any atom is -0.465 e. The maximum atomic E-state index is 12.0. The molecule has 21 heavy (non-hydrogen) atoms. The molecule has 0 saturated heterocycles. The highest BCUT2D eigenvalue weighted by molar-refractivity contribution is 6.07. The van der Waals surface area contributed by atoms with E-state index in [0.717, 1.165) is 22.2 Å². The maximum Gasteiger partial charge on any atom is 0.340 e. The Bertz CT molecular complexity index is 800. The number of ether oxygens (including phenoxy) is 1. The summed E-state index contributed by atoms with van der Waals surface area (Å²) in [5, 5.41) is 0.872. The number of nitrogens with one attached hydrogen (secondary N) is 1. The van der Waals surface area contributed by atoms with Crippen LogP contribution in [0.5, 0.6) is 0 Å². The van der Waals surface area contributed by atoms with Crippen molar-refractivity contribution in [3.63, 3.8) is 0 Å². The first-order valence-corrected chi connectivity index (χ1v) is 6.72. The Kier molecular flexibility index (Phi) is 3.56. The Hall–Kier alpha value is -2.81. The molecule has 0 amide bonds. The largest absolute Gasteiger partial charge is 0.465 e. The van der Waals surface area contributed by atoms with E-state index in [-0.39, 0.29) is 5.97 Å². The molecule has 1 N–H and O–H groups in total. The van der Waals surface area contributed by atoms with Crippen LogP contribution in [0.3, 0.4) is 0 Å². The van der Waals surface area contributed by atoms with E-state index in [1.807, 2.05) is 66.7 Å². The van der Waals surface area contributed by atoms with E-state index in [4.69, 9.17) is 4.74 Å². The second-order valence-corrected chi connectivity index (χ2v) is 4.69. The number of hydrogen-bond donors (Lipinski definition) is 1. The average Bonchev–Trinajstić information content (AvgIpc) is 2.91. The minimum atomic E-state index is -0.333. The van der Waals surface area contributed by atoms with Crippen LogP contribution in [0.4, 0.5) is 0 Å². The minimum absolute atomic E-state index is 0.333. The van der Waals surface area contributed by atoms with Gasteiger partial charge in [0, 0.05) is 10.9 Å². The number of methoxy groups -OCH3 is 1. The summed E-state index contributed by atoms with van der Waals surface area (Å²) in [5.74, 6) is -0.333. The molecule has 0 aliphatic rings. The van der Waals surface area contributed by atoms with Crippen molar-refractivity contribution < 1.29 is 9.53 Å². The van der Waals surface area contributed by atoms with Crippen molar-refractivity contribution in [2.24, 2.45) is 0 Å². The van der Waals surface area contributed by atoms with E-state index >= 15 is 0 Å². The van der Waals surface area contributed by atoms with Gasteiger partial charge in [0.1, 0.15) is 0 Å². The van der Waals surface area contributed by atoms with Crippen LogP contribution in [-0.4, -0.2) is 18.1 Å². The fraction of sp³-hybridized carbons (Fsp3) is 0.0556. The molecule has 3 rings (SSSR count). The first-order valence-electron chi connectivity index (χ1n) is 6.72. The zero-order valence-electron chi connectivity index (χ0n) is 11.7. The molecule has 1 aromatic heterocycles. The topological polar surface area (TPSA) is 42.1 Å². The molecule has 0 bridgehead atoms. The number of fused-ring (bicyclic) bond motifs is 1. The van der Waals surface area contributed by atoms with Gasteiger partial charge in [-0.2, -0.15) is 0 Å². The predicted molar refractivity (Wildman–Crippen MR) is 85.0 cm³/mol. The van der Waals surface area contributed by atoms with Crippen LogP contribution in [0.15, 0.2) is 54.6 Å². The van der Waals surface area contributed by atoms with E-state index in [1.165, 1.54) is 7.11 Å². The smallest absolute Gasteiger partial charge is 0.340 e. The highest BCUT2D eigenvalue weighted by atomic mass is 16.5. The van der Waals surface area contributed by atoms with E-state index in [0.29, 0.717) is 5.56 Å². The van der Waals surface area contributed by atoms with Crippen LogP contribution in [-0.2, 0) is 4.74 Å². The molecule has 0 aliphatic heterocycles. The number of benzene rings is 2. The third-order valence-corrected chi connectivity index (χ3v) is 3.37. The Balaban J connectivity index is 2.09. The Morgan fingerprint density at radius 1 is 1.00 bits per heavy atom. The van der Waals surface area contributed by atoms with Gasteiger partial charge in [0.05, 0.1) is 18.4 Å². The molecule has 0 fully saturated rings. The molecule has 0 aliphatic carbocycles. The molecule has 3 heteroatoms. The number of rotatable bonds is 3. The van der Waals surface area contributed by atoms with E-state index in [2.05, 4.69) is 4.98 Å². The number of esters is 1. The third kappa shape index (κ3) is 2.58. The van der Waals surface area contributed by atoms with Crippen molar-refractivity contribution in [2.75, 3.05) is 7.11 Å². The molecule has 0 radical (unpaired) electrons. The number of H-pyrrole nitrogens is 1. The number of para-hydroxylation sites is 1. The van der Waals surface area contributed by atoms with Gasteiger partial charge in [-0.15, -0.1) is 0 Å². The van der Waals surface area contributed by atoms with Crippen molar-refractivity contribution in [3.8, 4) is 0 Å². The summed E-state index contributed by atoms with van der Waals surface area (Å²) in [6, 6.07) is 17.7. The van der Waals surface area contributed by atoms with Crippen LogP contribution in [0.2, 0.25) is 0 Å². The van der Waals surface area contributed by atoms with E-state index < -0.39 is 0 Å². The molecule has 3 nitrogen and oxygen atoms in total. The Morgan fingerprint density at radius 2 is 1.71 bits per heavy atom. The van der Waals surface area contributed by atoms with Crippen LogP contribution >= 0.6 is 0 Å². The van der Waals surface area contributed by atoms with Gasteiger partial charge >= 0.3 is 5.97 Å². The van der Waals surface area contributed by atoms with Gasteiger partial charge in [-0.05, 0) is 17.7 Å². The molecule has 3 aromatic rings. The van der Waals surface area contributed by atoms with Crippen LogP contribution in [0.25, 0.3) is 23.1 Å². The SMILES string of the molecule is COC(=O)c1c(/C=C/c2ccccc2)[nH]c2ccccc12. The summed E-state index contributed by atoms with van der Waals surface area (Å²) in [5.41, 5.74) is 3.32. The fourth-order valence-corrected chi connectivity index (χ4v) is 2.35. The van der Waals surface area contributed by atoms with Gasteiger partial charge in [0.25, 0.3) is 0 Å². The zero-order chi connectivity index (χ0) is 14.7. The standard InChI is InChI=1S/C18H15NO2/c1-21-18(20)17-14-9-5-6-10-15(14)19-16(17)12-11-13-7-3-2-4-8-13/h2-12,19H,1H3/b12-11+. The van der Waals surface area contributed by atoms with Crippen molar-refractivity contribution >= 4 is 29.0 Å². The second-order valence-electron chi connectivity index (χ2n) is 4.69. The second kappa shape index (κ2) is 5.67. The van der Waals surface area contributed by atoms with Crippen molar-refractivity contribution in [1.29, 1.82) is 0 Å². The number of hydrogen-bond acceptors (Lipinski definition) is 2. The Morgan fingerprint density at radius 3 is 2.48 bits per heavy atom. The van der Waals surface area contributed by atoms with Gasteiger partial charge < -0.3 is 9.72 Å². The number of aromatic nitrogens is 1. The zero-order valence-corrected chi connectivity index (χ0v) is 11.7. The number of carbonyl (C=O) groups is 1. The van der Waals surface area contributed by atoms with E-state index in [9.17, 15) is 4.79 Å². The lowest BCUT2D eigenvalue weighted by Crippen LogP contribution is -2.02. The molecular weight excluding hydrogens is 262 g/mol. The summed E-state index contributed by atoms with van der Waals surface area (Å²) >= 11 is 0. The van der Waals surface area contributed by atoms with Gasteiger partial charge in [0.2, 0.25) is 0 Å². The van der Waals surface area contributed by atoms with Crippen molar-refractivity contribution in [2.45, 2.75) is 0 Å². The normalized spacial score (nSPS) is 11.1. The monoisotopic (exact) mass is 277 g/mol. The molecule has 1 heterocycles. The molecule has 2 aromatic carbocycles. The first kappa shape index (κ1) is 13.2. The average molecular weight is 277 g/mol. The predicted octanol–water partition coefficient (Wildman–Crippen LogP) is 4.12. The fourth-order valence-electron chi connectivity index (χ4n) is 2.35. The van der Waals surface area contributed by atoms with Crippen molar-refractivity contribution in [3.05, 3.63) is 71.4 Å². The summed E-state index contributed by atoms with van der Waals surface area (Å²) in [4.78, 5) is 15.3. The van der Waals surface area contributed by atoms with Gasteiger partial charge in [-0.1, -0.05) is 54.6 Å². The molecule has 0 spiro atoms. The molecule has 0 saturated carbocycles. The lowest BCUT2D eigenvalue weighted by molar-refractivity contribution is 0.0603. The highest BCUT2D eigenvalue weighted by Gasteiger charge is 2.16. The quantitative estimate of drug-likeness (QED) is 0.731. The highest BCUT2D eigenvalue weighted by Crippen LogP contribution is 2.24. The maximum absolute atomic E-state index is 12.0. The van der Waals surface area contributed by atoms with Gasteiger partial charge in [-0.25, -0.2) is 4.79 Å². The Labute approximate surface area is 122 Å². The molecule has 104 valence electrons. The lowest BCUT2D eigenvalue weighted by atomic mass is 10.1. The van der Waals surface area contributed by atoms with Crippen LogP contribution in [0, 0.1) is 0 Å². The van der Waals surface area contributed by atoms with Crippen LogP contribution < -0.4 is 0 Å². The molecular formula is C18H15NO2. The lowest BCUT2D eigenvalue weighted by Gasteiger charge is -1.99. The first-order chi connectivity index (χ1) is 10.3. The summed E-state index contributed by atoms with van der Waals surface area (Å²) in [6.07, 6.45) is 3.87. The summed E-state index contributed by atoms with van der Waals surface area (Å²) < 4.78 is 4.90. The number of carbonyl (C=O) groups excluding carboxylic acids is 1. The molecule has 0 unspecified atom stereocenters. The van der Waals surface area contributed by atoms with Gasteiger partial charge in [0.15, 0.2) is 0 Å². The van der Waals surface area contributed by atoms with E-state index in [1.54, 1.807) is 0 Å². The van der Waals surface area contributed by atoms with Gasteiger partial charge in [-0.3, -0.25) is 0 Å². The molecule has 0 atom stereocenters. The van der Waals surface area contributed by atoms with Crippen LogP contribution in [0.1, 0.15) is 21.6 Å². The number of aromatic amines is 1. The summed E-state index contributed by atoms with van der Waals surface area (Å²) in [6.45, 7) is 0. The summed E-state index contributed by atoms with van der Waals surface area (Å²) in [7, 11) is 1.40. The third-order valence-electron chi connectivity index (χ3n) is 3.37.